The molecule has 140 valence electrons. The zero-order chi connectivity index (χ0) is 19.2. The number of benzene rings is 1. The first-order valence-corrected chi connectivity index (χ1v) is 8.72. The lowest BCUT2D eigenvalue weighted by Crippen LogP contribution is -2.38. The Kier molecular flexibility index (Phi) is 5.82. The van der Waals surface area contributed by atoms with Crippen LogP contribution in [0.4, 0.5) is 0 Å². The first kappa shape index (κ1) is 18.6. The summed E-state index contributed by atoms with van der Waals surface area (Å²) < 4.78 is 7.06. The minimum Gasteiger partial charge on any atom is -0.467 e. The molecule has 3 N–H and O–H groups in total. The molecule has 0 radical (unpaired) electrons. The van der Waals surface area contributed by atoms with E-state index in [4.69, 9.17) is 16.6 Å². The number of carbonyl (C=O) groups excluding carboxylic acids is 2. The van der Waals surface area contributed by atoms with Gasteiger partial charge in [-0.05, 0) is 37.3 Å². The molecule has 3 aromatic rings. The van der Waals surface area contributed by atoms with Crippen molar-refractivity contribution in [3.8, 4) is 11.4 Å². The normalized spacial score (nSPS) is 10.6. The van der Waals surface area contributed by atoms with Crippen LogP contribution < -0.4 is 10.6 Å². The molecular formula is C18H19N5O3S. The van der Waals surface area contributed by atoms with E-state index in [1.807, 2.05) is 31.2 Å². The Morgan fingerprint density at radius 1 is 1.22 bits per heavy atom. The molecule has 2 aromatic heterocycles. The Hall–Kier alpha value is -3.20. The van der Waals surface area contributed by atoms with Crippen LogP contribution in [0.3, 0.4) is 0 Å². The first-order valence-electron chi connectivity index (χ1n) is 8.31. The lowest BCUT2D eigenvalue weighted by Gasteiger charge is -2.09. The van der Waals surface area contributed by atoms with Gasteiger partial charge < -0.3 is 15.1 Å². The van der Waals surface area contributed by atoms with Gasteiger partial charge in [0.15, 0.2) is 10.6 Å². The van der Waals surface area contributed by atoms with Gasteiger partial charge >= 0.3 is 0 Å². The van der Waals surface area contributed by atoms with Gasteiger partial charge in [0.2, 0.25) is 11.8 Å². The van der Waals surface area contributed by atoms with E-state index in [-0.39, 0.29) is 31.4 Å². The van der Waals surface area contributed by atoms with Crippen molar-refractivity contribution >= 4 is 24.0 Å². The topological polar surface area (TPSA) is 105 Å². The Morgan fingerprint density at radius 2 is 2.07 bits per heavy atom. The van der Waals surface area contributed by atoms with Gasteiger partial charge in [0.25, 0.3) is 0 Å². The van der Waals surface area contributed by atoms with Gasteiger partial charge in [0, 0.05) is 5.56 Å². The number of aromatic nitrogens is 3. The molecule has 3 rings (SSSR count). The summed E-state index contributed by atoms with van der Waals surface area (Å²) in [6.07, 6.45) is 1.53. The fourth-order valence-electron chi connectivity index (χ4n) is 2.51. The van der Waals surface area contributed by atoms with Crippen LogP contribution in [0, 0.1) is 11.7 Å². The fourth-order valence-corrected chi connectivity index (χ4v) is 2.71. The van der Waals surface area contributed by atoms with Gasteiger partial charge in [-0.3, -0.25) is 19.3 Å². The average Bonchev–Trinajstić information content (AvgIpc) is 3.29. The van der Waals surface area contributed by atoms with Crippen LogP contribution in [0.15, 0.2) is 47.1 Å². The maximum atomic E-state index is 12.2. The summed E-state index contributed by atoms with van der Waals surface area (Å²) >= 11 is 5.22. The van der Waals surface area contributed by atoms with Gasteiger partial charge in [-0.15, -0.1) is 0 Å². The van der Waals surface area contributed by atoms with E-state index in [9.17, 15) is 9.59 Å². The third kappa shape index (κ3) is 4.91. The van der Waals surface area contributed by atoms with E-state index < -0.39 is 0 Å². The predicted octanol–water partition coefficient (Wildman–Crippen LogP) is 1.94. The third-order valence-electron chi connectivity index (χ3n) is 3.82. The molecule has 1 aromatic carbocycles. The van der Waals surface area contributed by atoms with Crippen LogP contribution in [-0.2, 0) is 22.7 Å². The minimum atomic E-state index is -0.338. The van der Waals surface area contributed by atoms with Crippen LogP contribution in [0.5, 0.6) is 0 Å². The molecule has 0 bridgehead atoms. The van der Waals surface area contributed by atoms with E-state index in [0.29, 0.717) is 16.4 Å². The van der Waals surface area contributed by atoms with Crippen molar-refractivity contribution in [3.63, 3.8) is 0 Å². The standard InChI is InChI=1S/C18H19N5O3S/c1-12-4-2-5-13(8-12)17-21-22-18(27)23(17)11-16(25)20-10-15(24)19-9-14-6-3-7-26-14/h2-8H,9-11H2,1H3,(H,19,24)(H,20,25)(H,22,27). The van der Waals surface area contributed by atoms with Crippen LogP contribution in [0.1, 0.15) is 11.3 Å². The molecule has 0 aliphatic rings. The maximum Gasteiger partial charge on any atom is 0.240 e. The highest BCUT2D eigenvalue weighted by Gasteiger charge is 2.13. The number of carbonyl (C=O) groups is 2. The van der Waals surface area contributed by atoms with E-state index in [1.165, 1.54) is 6.26 Å². The molecule has 8 nitrogen and oxygen atoms in total. The first-order chi connectivity index (χ1) is 13.0. The minimum absolute atomic E-state index is 0.0376. The van der Waals surface area contributed by atoms with Crippen molar-refractivity contribution in [2.75, 3.05) is 6.54 Å². The number of H-pyrrole nitrogens is 1. The number of furan rings is 1. The number of hydrogen-bond acceptors (Lipinski definition) is 5. The van der Waals surface area contributed by atoms with Gasteiger partial charge in [-0.1, -0.05) is 23.8 Å². The van der Waals surface area contributed by atoms with Crippen molar-refractivity contribution < 1.29 is 14.0 Å². The van der Waals surface area contributed by atoms with Crippen LogP contribution in [0.25, 0.3) is 11.4 Å². The van der Waals surface area contributed by atoms with Crippen molar-refractivity contribution in [2.24, 2.45) is 0 Å². The van der Waals surface area contributed by atoms with E-state index in [0.717, 1.165) is 11.1 Å². The summed E-state index contributed by atoms with van der Waals surface area (Å²) in [6.45, 7) is 2.07. The second-order valence-corrected chi connectivity index (χ2v) is 6.33. The SMILES string of the molecule is Cc1cccc(-c2n[nH]c(=S)n2CC(=O)NCC(=O)NCc2ccco2)c1. The number of nitrogens with one attached hydrogen (secondary N) is 3. The van der Waals surface area contributed by atoms with Gasteiger partial charge in [-0.25, -0.2) is 0 Å². The number of hydrogen-bond donors (Lipinski definition) is 3. The largest absolute Gasteiger partial charge is 0.467 e. The highest BCUT2D eigenvalue weighted by Crippen LogP contribution is 2.18. The molecule has 2 heterocycles. The molecule has 0 atom stereocenters. The maximum absolute atomic E-state index is 12.2. The summed E-state index contributed by atoms with van der Waals surface area (Å²) in [5.41, 5.74) is 1.93. The quantitative estimate of drug-likeness (QED) is 0.539. The van der Waals surface area contributed by atoms with Crippen LogP contribution >= 0.6 is 12.2 Å². The summed E-state index contributed by atoms with van der Waals surface area (Å²) in [7, 11) is 0. The summed E-state index contributed by atoms with van der Waals surface area (Å²) in [5.74, 6) is 0.562. The molecule has 0 saturated heterocycles. The van der Waals surface area contributed by atoms with Crippen LogP contribution in [-0.4, -0.2) is 33.1 Å². The van der Waals surface area contributed by atoms with E-state index >= 15 is 0 Å². The van der Waals surface area contributed by atoms with E-state index in [1.54, 1.807) is 16.7 Å². The second kappa shape index (κ2) is 8.45. The third-order valence-corrected chi connectivity index (χ3v) is 4.13. The zero-order valence-electron chi connectivity index (χ0n) is 14.7. The predicted molar refractivity (Wildman–Crippen MR) is 101 cm³/mol. The molecule has 0 fully saturated rings. The lowest BCUT2D eigenvalue weighted by molar-refractivity contribution is -0.126. The van der Waals surface area contributed by atoms with E-state index in [2.05, 4.69) is 20.8 Å². The number of rotatable bonds is 7. The second-order valence-electron chi connectivity index (χ2n) is 5.94. The van der Waals surface area contributed by atoms with Crippen LogP contribution in [0.2, 0.25) is 0 Å². The molecular weight excluding hydrogens is 366 g/mol. The molecule has 0 aliphatic heterocycles. The molecule has 9 heteroatoms. The Labute approximate surface area is 160 Å². The number of nitrogens with zero attached hydrogens (tertiary/aromatic N) is 2. The molecule has 0 saturated carbocycles. The molecule has 0 aliphatic carbocycles. The average molecular weight is 385 g/mol. The van der Waals surface area contributed by atoms with Gasteiger partial charge in [-0.2, -0.15) is 5.10 Å². The summed E-state index contributed by atoms with van der Waals surface area (Å²) in [5, 5.41) is 12.2. The number of amides is 2. The molecule has 0 unspecified atom stereocenters. The number of aromatic amines is 1. The lowest BCUT2D eigenvalue weighted by atomic mass is 10.1. The fraction of sp³-hybridized carbons (Fsp3) is 0.222. The Bertz CT molecular complexity index is 991. The monoisotopic (exact) mass is 385 g/mol. The highest BCUT2D eigenvalue weighted by molar-refractivity contribution is 7.71. The van der Waals surface area contributed by atoms with Gasteiger partial charge in [0.05, 0.1) is 19.4 Å². The zero-order valence-corrected chi connectivity index (χ0v) is 15.5. The summed E-state index contributed by atoms with van der Waals surface area (Å²) in [4.78, 5) is 24.1. The van der Waals surface area contributed by atoms with Crippen molar-refractivity contribution in [2.45, 2.75) is 20.0 Å². The Morgan fingerprint density at radius 3 is 2.81 bits per heavy atom. The highest BCUT2D eigenvalue weighted by atomic mass is 32.1. The molecule has 2 amide bonds. The molecule has 27 heavy (non-hydrogen) atoms. The van der Waals surface area contributed by atoms with Crippen molar-refractivity contribution in [1.82, 2.24) is 25.4 Å². The van der Waals surface area contributed by atoms with Crippen molar-refractivity contribution in [3.05, 3.63) is 58.8 Å². The number of aryl methyl sites for hydroxylation is 1. The Balaban J connectivity index is 1.57. The van der Waals surface area contributed by atoms with Crippen molar-refractivity contribution in [1.29, 1.82) is 0 Å². The molecule has 0 spiro atoms. The summed E-state index contributed by atoms with van der Waals surface area (Å²) in [6, 6.07) is 11.2. The smallest absolute Gasteiger partial charge is 0.240 e. The van der Waals surface area contributed by atoms with Gasteiger partial charge in [0.1, 0.15) is 12.3 Å².